The van der Waals surface area contributed by atoms with E-state index in [2.05, 4.69) is 15.2 Å². The van der Waals surface area contributed by atoms with Crippen LogP contribution in [-0.2, 0) is 0 Å². The molecule has 2 amide bonds. The second-order valence-electron chi connectivity index (χ2n) is 7.45. The fourth-order valence-electron chi connectivity index (χ4n) is 4.11. The summed E-state index contributed by atoms with van der Waals surface area (Å²) in [6, 6.07) is 6.95. The van der Waals surface area contributed by atoms with E-state index in [-0.39, 0.29) is 11.9 Å². The van der Waals surface area contributed by atoms with Crippen LogP contribution in [0.5, 0.6) is 0 Å². The van der Waals surface area contributed by atoms with Gasteiger partial charge in [0.15, 0.2) is 5.82 Å². The Bertz CT molecular complexity index is 854. The number of urea groups is 1. The third-order valence-corrected chi connectivity index (χ3v) is 5.54. The summed E-state index contributed by atoms with van der Waals surface area (Å²) >= 11 is 0. The van der Waals surface area contributed by atoms with E-state index in [1.165, 1.54) is 6.07 Å². The van der Waals surface area contributed by atoms with Crippen molar-refractivity contribution in [2.75, 3.05) is 36.4 Å². The Kier molecular flexibility index (Phi) is 5.41. The lowest BCUT2D eigenvalue weighted by atomic mass is 9.90. The average molecular weight is 386 g/mol. The number of hydrogen-bond donors (Lipinski definition) is 1. The maximum Gasteiger partial charge on any atom is 0.321 e. The lowest BCUT2D eigenvalue weighted by Crippen LogP contribution is -2.42. The molecule has 1 atom stereocenters. The van der Waals surface area contributed by atoms with Crippen molar-refractivity contribution in [2.24, 2.45) is 0 Å². The number of hydrogen-bond acceptors (Lipinski definition) is 3. The highest BCUT2D eigenvalue weighted by molar-refractivity contribution is 5.92. The van der Waals surface area contributed by atoms with Gasteiger partial charge in [0.2, 0.25) is 0 Å². The molecule has 1 aromatic carbocycles. The van der Waals surface area contributed by atoms with Crippen molar-refractivity contribution in [3.05, 3.63) is 53.7 Å². The standard InChI is InChI=1S/C21H24F2N4O/c22-16-7-8-18(23)17(13-16)15-5-4-12-27(14-15)21(28)25-19-6-3-9-24-20(19)26-10-1-2-11-26/h3,6-9,13,15H,1-2,4-5,10-12,14H2,(H,25,28)/t15-/m1/s1. The maximum atomic E-state index is 14.2. The molecule has 1 N–H and O–H groups in total. The Morgan fingerprint density at radius 2 is 1.93 bits per heavy atom. The summed E-state index contributed by atoms with van der Waals surface area (Å²) < 4.78 is 27.7. The minimum Gasteiger partial charge on any atom is -0.355 e. The lowest BCUT2D eigenvalue weighted by molar-refractivity contribution is 0.192. The van der Waals surface area contributed by atoms with E-state index in [1.54, 1.807) is 17.2 Å². The first-order chi connectivity index (χ1) is 13.6. The van der Waals surface area contributed by atoms with Crippen molar-refractivity contribution in [3.8, 4) is 0 Å². The zero-order valence-electron chi connectivity index (χ0n) is 15.7. The van der Waals surface area contributed by atoms with Crippen LogP contribution in [0, 0.1) is 11.6 Å². The third-order valence-electron chi connectivity index (χ3n) is 5.54. The van der Waals surface area contributed by atoms with Gasteiger partial charge in [-0.15, -0.1) is 0 Å². The molecule has 2 aliphatic heterocycles. The Morgan fingerprint density at radius 3 is 2.75 bits per heavy atom. The molecule has 0 saturated carbocycles. The van der Waals surface area contributed by atoms with E-state index in [4.69, 9.17) is 0 Å². The number of aromatic nitrogens is 1. The summed E-state index contributed by atoms with van der Waals surface area (Å²) in [6.45, 7) is 2.83. The van der Waals surface area contributed by atoms with Crippen molar-refractivity contribution in [2.45, 2.75) is 31.6 Å². The van der Waals surface area contributed by atoms with Gasteiger partial charge in [0.05, 0.1) is 5.69 Å². The molecule has 0 radical (unpaired) electrons. The highest BCUT2D eigenvalue weighted by atomic mass is 19.1. The van der Waals surface area contributed by atoms with Gasteiger partial charge in [-0.25, -0.2) is 18.6 Å². The number of benzene rings is 1. The van der Waals surface area contributed by atoms with Gasteiger partial charge in [-0.05, 0) is 61.6 Å². The molecular weight excluding hydrogens is 362 g/mol. The highest BCUT2D eigenvalue weighted by Gasteiger charge is 2.28. The number of rotatable bonds is 3. The van der Waals surface area contributed by atoms with E-state index in [0.717, 1.165) is 56.7 Å². The molecule has 0 unspecified atom stereocenters. The number of amides is 2. The van der Waals surface area contributed by atoms with Crippen molar-refractivity contribution in [3.63, 3.8) is 0 Å². The molecule has 0 bridgehead atoms. The van der Waals surface area contributed by atoms with Gasteiger partial charge in [-0.2, -0.15) is 0 Å². The fraction of sp³-hybridized carbons (Fsp3) is 0.429. The molecule has 2 saturated heterocycles. The number of pyridine rings is 1. The van der Waals surface area contributed by atoms with E-state index < -0.39 is 11.6 Å². The van der Waals surface area contributed by atoms with Gasteiger partial charge < -0.3 is 15.1 Å². The van der Waals surface area contributed by atoms with E-state index in [1.807, 2.05) is 6.07 Å². The predicted octanol–water partition coefficient (Wildman–Crippen LogP) is 4.37. The number of likely N-dealkylation sites (tertiary alicyclic amines) is 1. The number of anilines is 2. The first-order valence-electron chi connectivity index (χ1n) is 9.82. The molecule has 4 rings (SSSR count). The third kappa shape index (κ3) is 3.93. The van der Waals surface area contributed by atoms with Crippen molar-refractivity contribution >= 4 is 17.5 Å². The molecule has 7 heteroatoms. The van der Waals surface area contributed by atoms with Crippen LogP contribution in [0.4, 0.5) is 25.1 Å². The van der Waals surface area contributed by atoms with Gasteiger partial charge in [0.1, 0.15) is 11.6 Å². The molecule has 1 aromatic heterocycles. The quantitative estimate of drug-likeness (QED) is 0.852. The number of piperidine rings is 1. The summed E-state index contributed by atoms with van der Waals surface area (Å²) in [4.78, 5) is 21.2. The summed E-state index contributed by atoms with van der Waals surface area (Å²) in [5, 5.41) is 2.97. The van der Waals surface area contributed by atoms with Crippen LogP contribution in [-0.4, -0.2) is 42.1 Å². The van der Waals surface area contributed by atoms with Crippen LogP contribution < -0.4 is 10.2 Å². The predicted molar refractivity (Wildman–Crippen MR) is 105 cm³/mol. The molecule has 2 fully saturated rings. The molecule has 2 aromatic rings. The minimum absolute atomic E-state index is 0.206. The number of nitrogens with zero attached hydrogens (tertiary/aromatic N) is 3. The number of carbonyl (C=O) groups excluding carboxylic acids is 1. The molecule has 5 nitrogen and oxygen atoms in total. The Hall–Kier alpha value is -2.70. The average Bonchev–Trinajstić information content (AvgIpc) is 3.25. The van der Waals surface area contributed by atoms with Crippen molar-refractivity contribution in [1.29, 1.82) is 0 Å². The molecule has 28 heavy (non-hydrogen) atoms. The van der Waals surface area contributed by atoms with E-state index in [0.29, 0.717) is 24.3 Å². The first-order valence-corrected chi connectivity index (χ1v) is 9.82. The van der Waals surface area contributed by atoms with Crippen LogP contribution in [0.25, 0.3) is 0 Å². The lowest BCUT2D eigenvalue weighted by Gasteiger charge is -2.33. The van der Waals surface area contributed by atoms with Gasteiger partial charge >= 0.3 is 6.03 Å². The van der Waals surface area contributed by atoms with Gasteiger partial charge in [-0.1, -0.05) is 0 Å². The maximum absolute atomic E-state index is 14.2. The Balaban J connectivity index is 1.47. The summed E-state index contributed by atoms with van der Waals surface area (Å²) in [5.41, 5.74) is 1.03. The van der Waals surface area contributed by atoms with Crippen molar-refractivity contribution in [1.82, 2.24) is 9.88 Å². The van der Waals surface area contributed by atoms with Gasteiger partial charge in [0.25, 0.3) is 0 Å². The smallest absolute Gasteiger partial charge is 0.321 e. The molecule has 2 aliphatic rings. The minimum atomic E-state index is -0.455. The molecular formula is C21H24F2N4O. The van der Waals surface area contributed by atoms with E-state index in [9.17, 15) is 13.6 Å². The Morgan fingerprint density at radius 1 is 1.11 bits per heavy atom. The van der Waals surface area contributed by atoms with Gasteiger partial charge in [-0.3, -0.25) is 0 Å². The number of halogens is 2. The van der Waals surface area contributed by atoms with Crippen LogP contribution in [0.1, 0.15) is 37.2 Å². The summed E-state index contributed by atoms with van der Waals surface area (Å²) in [5.74, 6) is -0.291. The van der Waals surface area contributed by atoms with Crippen LogP contribution in [0.3, 0.4) is 0 Å². The van der Waals surface area contributed by atoms with Gasteiger partial charge in [0, 0.05) is 38.3 Å². The van der Waals surface area contributed by atoms with Crippen molar-refractivity contribution < 1.29 is 13.6 Å². The number of carbonyl (C=O) groups is 1. The summed E-state index contributed by atoms with van der Waals surface area (Å²) in [7, 11) is 0. The topological polar surface area (TPSA) is 48.5 Å². The molecule has 0 spiro atoms. The largest absolute Gasteiger partial charge is 0.355 e. The molecule has 0 aliphatic carbocycles. The zero-order chi connectivity index (χ0) is 19.5. The molecule has 148 valence electrons. The number of nitrogens with one attached hydrogen (secondary N) is 1. The Labute approximate surface area is 163 Å². The van der Waals surface area contributed by atoms with Crippen LogP contribution in [0.2, 0.25) is 0 Å². The van der Waals surface area contributed by atoms with E-state index >= 15 is 0 Å². The zero-order valence-corrected chi connectivity index (χ0v) is 15.7. The molecule has 3 heterocycles. The fourth-order valence-corrected chi connectivity index (χ4v) is 4.11. The normalized spacial score (nSPS) is 19.7. The second kappa shape index (κ2) is 8.12. The monoisotopic (exact) mass is 386 g/mol. The highest BCUT2D eigenvalue weighted by Crippen LogP contribution is 2.31. The second-order valence-corrected chi connectivity index (χ2v) is 7.45. The summed E-state index contributed by atoms with van der Waals surface area (Å²) in [6.07, 6.45) is 5.46. The van der Waals surface area contributed by atoms with Crippen LogP contribution >= 0.6 is 0 Å². The SMILES string of the molecule is O=C(Nc1cccnc1N1CCCC1)N1CCC[C@@H](c2cc(F)ccc2F)C1. The van der Waals surface area contributed by atoms with Crippen LogP contribution in [0.15, 0.2) is 36.5 Å². The first kappa shape index (κ1) is 18.7.